The summed E-state index contributed by atoms with van der Waals surface area (Å²) in [7, 11) is 0. The first-order valence-corrected chi connectivity index (χ1v) is 13.5. The molecule has 0 amide bonds. The number of rotatable bonds is 3. The SMILES string of the molecule is Cc1cc(C)cc(Cc2cc3c(cc2CC#N)C2(c4ccccc4Cc4ccccc42)c2ccccc2-3)c1. The molecule has 0 unspecified atom stereocenters. The van der Waals surface area contributed by atoms with Crippen LogP contribution in [-0.2, 0) is 24.7 Å². The second-order valence-corrected chi connectivity index (χ2v) is 11.0. The predicted octanol–water partition coefficient (Wildman–Crippen LogP) is 8.23. The summed E-state index contributed by atoms with van der Waals surface area (Å²) in [5, 5.41) is 9.89. The molecule has 5 aromatic rings. The summed E-state index contributed by atoms with van der Waals surface area (Å²) in [5.74, 6) is 0. The Morgan fingerprint density at radius 3 is 1.89 bits per heavy atom. The van der Waals surface area contributed by atoms with Crippen molar-refractivity contribution in [1.82, 2.24) is 0 Å². The highest BCUT2D eigenvalue weighted by Gasteiger charge is 2.49. The number of nitriles is 1. The smallest absolute Gasteiger partial charge is 0.0719 e. The van der Waals surface area contributed by atoms with E-state index in [0.29, 0.717) is 6.42 Å². The lowest BCUT2D eigenvalue weighted by atomic mass is 9.61. The fourth-order valence-electron chi connectivity index (χ4n) is 7.23. The molecule has 1 spiro atoms. The molecule has 0 heterocycles. The van der Waals surface area contributed by atoms with Crippen LogP contribution in [0.1, 0.15) is 61.2 Å². The van der Waals surface area contributed by atoms with Crippen LogP contribution in [0, 0.1) is 25.2 Å². The van der Waals surface area contributed by atoms with E-state index in [-0.39, 0.29) is 5.41 Å². The van der Waals surface area contributed by atoms with E-state index >= 15 is 0 Å². The molecule has 0 N–H and O–H groups in total. The highest BCUT2D eigenvalue weighted by Crippen LogP contribution is 2.59. The average molecular weight is 488 g/mol. The summed E-state index contributed by atoms with van der Waals surface area (Å²) >= 11 is 0. The Labute approximate surface area is 225 Å². The molecule has 0 radical (unpaired) electrons. The van der Waals surface area contributed by atoms with E-state index in [2.05, 4.69) is 123 Å². The van der Waals surface area contributed by atoms with Crippen molar-refractivity contribution in [2.75, 3.05) is 0 Å². The topological polar surface area (TPSA) is 23.8 Å². The Kier molecular flexibility index (Phi) is 5.14. The van der Waals surface area contributed by atoms with Gasteiger partial charge in [-0.05, 0) is 87.9 Å². The third-order valence-corrected chi connectivity index (χ3v) is 8.53. The van der Waals surface area contributed by atoms with E-state index in [1.54, 1.807) is 0 Å². The number of nitrogens with zero attached hydrogens (tertiary/aromatic N) is 1. The lowest BCUT2D eigenvalue weighted by Gasteiger charge is -2.40. The van der Waals surface area contributed by atoms with E-state index in [0.717, 1.165) is 18.4 Å². The molecule has 2 aliphatic rings. The average Bonchev–Trinajstić information content (AvgIpc) is 3.19. The van der Waals surface area contributed by atoms with Crippen LogP contribution in [0.5, 0.6) is 0 Å². The molecule has 0 saturated heterocycles. The van der Waals surface area contributed by atoms with Crippen molar-refractivity contribution < 1.29 is 0 Å². The van der Waals surface area contributed by atoms with Crippen LogP contribution in [0.15, 0.2) is 103 Å². The van der Waals surface area contributed by atoms with E-state index in [1.165, 1.54) is 66.8 Å². The van der Waals surface area contributed by atoms with E-state index in [1.807, 2.05) is 0 Å². The number of benzene rings is 5. The quantitative estimate of drug-likeness (QED) is 0.246. The Bertz CT molecular complexity index is 1720. The van der Waals surface area contributed by atoms with Gasteiger partial charge in [-0.25, -0.2) is 0 Å². The van der Waals surface area contributed by atoms with Crippen LogP contribution in [0.2, 0.25) is 0 Å². The maximum atomic E-state index is 9.89. The molecule has 0 aliphatic heterocycles. The van der Waals surface area contributed by atoms with Crippen molar-refractivity contribution >= 4 is 0 Å². The molecule has 0 aromatic heterocycles. The van der Waals surface area contributed by atoms with Crippen LogP contribution in [0.3, 0.4) is 0 Å². The Hall–Kier alpha value is -4.41. The van der Waals surface area contributed by atoms with Crippen LogP contribution in [-0.4, -0.2) is 0 Å². The Morgan fingerprint density at radius 2 is 1.24 bits per heavy atom. The van der Waals surface area contributed by atoms with Gasteiger partial charge in [-0.1, -0.05) is 114 Å². The molecule has 7 rings (SSSR count). The van der Waals surface area contributed by atoms with Gasteiger partial charge in [-0.2, -0.15) is 5.26 Å². The van der Waals surface area contributed by atoms with E-state index < -0.39 is 0 Å². The first kappa shape index (κ1) is 22.8. The maximum absolute atomic E-state index is 9.89. The fraction of sp³-hybridized carbons (Fsp3) is 0.162. The molecule has 38 heavy (non-hydrogen) atoms. The predicted molar refractivity (Wildman–Crippen MR) is 155 cm³/mol. The van der Waals surface area contributed by atoms with Gasteiger partial charge >= 0.3 is 0 Å². The monoisotopic (exact) mass is 487 g/mol. The molecule has 0 atom stereocenters. The lowest BCUT2D eigenvalue weighted by molar-refractivity contribution is 0.720. The zero-order valence-electron chi connectivity index (χ0n) is 21.9. The zero-order chi connectivity index (χ0) is 25.9. The first-order chi connectivity index (χ1) is 18.6. The largest absolute Gasteiger partial charge is 0.198 e. The van der Waals surface area contributed by atoms with Gasteiger partial charge in [0.05, 0.1) is 17.9 Å². The third-order valence-electron chi connectivity index (χ3n) is 8.53. The summed E-state index contributed by atoms with van der Waals surface area (Å²) < 4.78 is 0. The third kappa shape index (κ3) is 3.24. The summed E-state index contributed by atoms with van der Waals surface area (Å²) in [4.78, 5) is 0. The van der Waals surface area contributed by atoms with Crippen LogP contribution in [0.4, 0.5) is 0 Å². The maximum Gasteiger partial charge on any atom is 0.0719 e. The van der Waals surface area contributed by atoms with Crippen molar-refractivity contribution in [3.8, 4) is 17.2 Å². The van der Waals surface area contributed by atoms with Gasteiger partial charge < -0.3 is 0 Å². The van der Waals surface area contributed by atoms with Crippen LogP contribution in [0.25, 0.3) is 11.1 Å². The number of hydrogen-bond donors (Lipinski definition) is 0. The summed E-state index contributed by atoms with van der Waals surface area (Å²) in [6.45, 7) is 4.32. The molecule has 5 aromatic carbocycles. The fourth-order valence-corrected chi connectivity index (χ4v) is 7.23. The standard InChI is InChI=1S/C37H29N/c1-24-17-25(2)19-26(18-24)20-30-22-32-31-11-5-8-14-35(31)37(36(32)23-27(30)15-16-38)33-12-6-3-9-28(33)21-29-10-4-7-13-34(29)37/h3-14,17-19,22-23H,15,20-21H2,1-2H3. The Morgan fingerprint density at radius 1 is 0.632 bits per heavy atom. The van der Waals surface area contributed by atoms with Gasteiger partial charge in [-0.3, -0.25) is 0 Å². The van der Waals surface area contributed by atoms with Crippen molar-refractivity contribution in [2.24, 2.45) is 0 Å². The molecule has 0 saturated carbocycles. The van der Waals surface area contributed by atoms with E-state index in [4.69, 9.17) is 0 Å². The van der Waals surface area contributed by atoms with Gasteiger partial charge in [0.25, 0.3) is 0 Å². The highest BCUT2D eigenvalue weighted by atomic mass is 14.5. The van der Waals surface area contributed by atoms with Gasteiger partial charge in [0.15, 0.2) is 0 Å². The lowest BCUT2D eigenvalue weighted by Crippen LogP contribution is -2.34. The molecule has 182 valence electrons. The minimum atomic E-state index is -0.375. The summed E-state index contributed by atoms with van der Waals surface area (Å²) in [5.41, 5.74) is 16.6. The van der Waals surface area contributed by atoms with E-state index in [9.17, 15) is 5.26 Å². The van der Waals surface area contributed by atoms with Gasteiger partial charge in [0.2, 0.25) is 0 Å². The summed E-state index contributed by atoms with van der Waals surface area (Å²) in [6.07, 6.45) is 2.18. The molecule has 1 heteroatoms. The van der Waals surface area contributed by atoms with Crippen LogP contribution >= 0.6 is 0 Å². The summed E-state index contributed by atoms with van der Waals surface area (Å²) in [6, 6.07) is 40.9. The second-order valence-electron chi connectivity index (χ2n) is 11.0. The van der Waals surface area contributed by atoms with Crippen molar-refractivity contribution in [3.05, 3.63) is 164 Å². The first-order valence-electron chi connectivity index (χ1n) is 13.5. The minimum absolute atomic E-state index is 0.375. The molecule has 0 bridgehead atoms. The van der Waals surface area contributed by atoms with Crippen molar-refractivity contribution in [1.29, 1.82) is 5.26 Å². The molecule has 1 nitrogen and oxygen atoms in total. The molecule has 0 fully saturated rings. The molecule has 2 aliphatic carbocycles. The second kappa shape index (κ2) is 8.57. The molecular formula is C37H29N. The van der Waals surface area contributed by atoms with Gasteiger partial charge in [-0.15, -0.1) is 0 Å². The normalized spacial score (nSPS) is 13.8. The number of hydrogen-bond acceptors (Lipinski definition) is 1. The van der Waals surface area contributed by atoms with Crippen molar-refractivity contribution in [2.45, 2.75) is 38.5 Å². The highest BCUT2D eigenvalue weighted by molar-refractivity contribution is 5.88. The minimum Gasteiger partial charge on any atom is -0.198 e. The Balaban J connectivity index is 1.55. The van der Waals surface area contributed by atoms with Gasteiger partial charge in [0, 0.05) is 0 Å². The number of fused-ring (bicyclic) bond motifs is 9. The number of aryl methyl sites for hydroxylation is 2. The van der Waals surface area contributed by atoms with Crippen LogP contribution < -0.4 is 0 Å². The van der Waals surface area contributed by atoms with Crippen molar-refractivity contribution in [3.63, 3.8) is 0 Å². The molecular weight excluding hydrogens is 458 g/mol. The zero-order valence-corrected chi connectivity index (χ0v) is 21.9. The van der Waals surface area contributed by atoms with Gasteiger partial charge in [0.1, 0.15) is 0 Å².